The molecule has 0 bridgehead atoms. The molecule has 0 saturated heterocycles. The van der Waals surface area contributed by atoms with E-state index >= 15 is 0 Å². The lowest BCUT2D eigenvalue weighted by molar-refractivity contribution is 0.362. The Bertz CT molecular complexity index is 1770. The van der Waals surface area contributed by atoms with E-state index in [4.69, 9.17) is 64.1 Å². The van der Waals surface area contributed by atoms with E-state index in [0.29, 0.717) is 0 Å². The van der Waals surface area contributed by atoms with E-state index in [1.165, 1.54) is 0 Å². The summed E-state index contributed by atoms with van der Waals surface area (Å²) >= 11 is 0. The molecular weight excluding hydrogens is 789 g/mol. The molecular formula is C8Cl6O14S8. The molecule has 0 aliphatic carbocycles. The lowest BCUT2D eigenvalue weighted by Crippen LogP contribution is -2.00. The minimum Gasteiger partial charge on any atom is -0.428 e. The third-order valence-corrected chi connectivity index (χ3v) is 13.6. The monoisotopic (exact) mass is 786 g/mol. The first-order chi connectivity index (χ1) is 15.7. The van der Waals surface area contributed by atoms with Crippen LogP contribution in [-0.4, -0.2) is 50.5 Å². The smallest absolute Gasteiger partial charge is 0.295 e. The summed E-state index contributed by atoms with van der Waals surface area (Å²) in [7, 11) is -1.03. The van der Waals surface area contributed by atoms with Gasteiger partial charge in [-0.3, -0.25) is 0 Å². The van der Waals surface area contributed by atoms with E-state index < -0.39 is 94.3 Å². The molecule has 0 unspecified atom stereocenters. The number of hydrogen-bond donors (Lipinski definition) is 0. The first-order valence-electron chi connectivity index (χ1n) is 7.04. The summed E-state index contributed by atoms with van der Waals surface area (Å²) in [6.45, 7) is 0. The van der Waals surface area contributed by atoms with Crippen LogP contribution >= 0.6 is 85.7 Å². The molecule has 0 amide bonds. The van der Waals surface area contributed by atoms with E-state index in [1.807, 2.05) is 0 Å². The van der Waals surface area contributed by atoms with E-state index in [9.17, 15) is 50.5 Å². The van der Waals surface area contributed by atoms with Crippen molar-refractivity contribution in [1.29, 1.82) is 0 Å². The van der Waals surface area contributed by atoms with E-state index in [-0.39, 0.29) is 21.6 Å². The standard InChI is InChI=1S/C8Cl6O14S8/c9-31(15,16)3-1(5(33(11,19)20)27-7(3)35(13,23)24)29-30-2-4(32(10,17)18)8(36(14,25)26)28-6(2)34(12,21)22. The molecule has 0 fully saturated rings. The Labute approximate surface area is 236 Å². The largest absolute Gasteiger partial charge is 0.428 e. The third kappa shape index (κ3) is 7.26. The molecule has 0 aliphatic heterocycles. The van der Waals surface area contributed by atoms with Crippen LogP contribution in [0.4, 0.5) is 0 Å². The molecule has 2 aromatic heterocycles. The summed E-state index contributed by atoms with van der Waals surface area (Å²) in [5.74, 6) is 0. The molecule has 14 nitrogen and oxygen atoms in total. The van der Waals surface area contributed by atoms with E-state index in [2.05, 4.69) is 8.83 Å². The Morgan fingerprint density at radius 3 is 0.778 bits per heavy atom. The topological polar surface area (TPSA) is 231 Å². The summed E-state index contributed by atoms with van der Waals surface area (Å²) < 4.78 is 152. The second-order valence-corrected chi connectivity index (χ2v) is 22.5. The highest BCUT2D eigenvalue weighted by atomic mass is 35.7. The fraction of sp³-hybridized carbons (Fsp3) is 0. The van der Waals surface area contributed by atoms with Crippen LogP contribution in [0.5, 0.6) is 0 Å². The van der Waals surface area contributed by atoms with Crippen LogP contribution in [0, 0.1) is 0 Å². The van der Waals surface area contributed by atoms with Gasteiger partial charge in [0.05, 0.1) is 9.79 Å². The fourth-order valence-corrected chi connectivity index (χ4v) is 14.7. The van der Waals surface area contributed by atoms with Crippen molar-refractivity contribution in [2.45, 2.75) is 40.0 Å². The second kappa shape index (κ2) is 10.3. The zero-order valence-corrected chi connectivity index (χ0v) is 26.3. The van der Waals surface area contributed by atoms with Crippen LogP contribution in [-0.2, 0) is 54.3 Å². The van der Waals surface area contributed by atoms with Gasteiger partial charge >= 0.3 is 0 Å². The Hall–Kier alpha value is 0.700. The van der Waals surface area contributed by atoms with Crippen LogP contribution < -0.4 is 0 Å². The van der Waals surface area contributed by atoms with Gasteiger partial charge in [0.15, 0.2) is 9.79 Å². The van der Waals surface area contributed by atoms with E-state index in [0.717, 1.165) is 0 Å². The summed E-state index contributed by atoms with van der Waals surface area (Å²) in [4.78, 5) is -5.79. The van der Waals surface area contributed by atoms with Gasteiger partial charge in [-0.25, -0.2) is 50.5 Å². The lowest BCUT2D eigenvalue weighted by Gasteiger charge is -2.04. The van der Waals surface area contributed by atoms with Gasteiger partial charge in [0.1, 0.15) is 0 Å². The van der Waals surface area contributed by atoms with Gasteiger partial charge in [-0.2, -0.15) is 0 Å². The van der Waals surface area contributed by atoms with Crippen molar-refractivity contribution < 1.29 is 59.3 Å². The summed E-state index contributed by atoms with van der Waals surface area (Å²) in [6.07, 6.45) is 0. The quantitative estimate of drug-likeness (QED) is 0.262. The van der Waals surface area contributed by atoms with Crippen LogP contribution in [0.25, 0.3) is 0 Å². The molecule has 2 aromatic rings. The number of rotatable bonds is 9. The van der Waals surface area contributed by atoms with Crippen molar-refractivity contribution in [3.8, 4) is 0 Å². The van der Waals surface area contributed by atoms with Crippen molar-refractivity contribution in [3.63, 3.8) is 0 Å². The molecule has 0 saturated carbocycles. The minimum absolute atomic E-state index is 0.269. The maximum atomic E-state index is 12.0. The molecule has 206 valence electrons. The zero-order chi connectivity index (χ0) is 28.4. The van der Waals surface area contributed by atoms with Crippen molar-refractivity contribution in [2.75, 3.05) is 0 Å². The number of hydrogen-bond acceptors (Lipinski definition) is 16. The van der Waals surface area contributed by atoms with Gasteiger partial charge in [-0.05, 0) is 21.6 Å². The summed E-state index contributed by atoms with van der Waals surface area (Å²) in [5, 5.41) is -6.71. The predicted octanol–water partition coefficient (Wildman–Crippen LogP) is 3.24. The van der Waals surface area contributed by atoms with Crippen molar-refractivity contribution in [2.24, 2.45) is 0 Å². The first-order valence-corrected chi connectivity index (χ1v) is 23.0. The van der Waals surface area contributed by atoms with E-state index in [1.54, 1.807) is 0 Å². The summed E-state index contributed by atoms with van der Waals surface area (Å²) in [5.41, 5.74) is 0. The Balaban J connectivity index is 3.03. The van der Waals surface area contributed by atoms with Gasteiger partial charge in [0.25, 0.3) is 74.7 Å². The molecule has 0 aromatic carbocycles. The average Bonchev–Trinajstić information content (AvgIpc) is 3.17. The van der Waals surface area contributed by atoms with Gasteiger partial charge < -0.3 is 8.83 Å². The van der Waals surface area contributed by atoms with Crippen molar-refractivity contribution >= 4 is 140 Å². The Morgan fingerprint density at radius 1 is 0.389 bits per heavy atom. The lowest BCUT2D eigenvalue weighted by atomic mass is 10.6. The second-order valence-electron chi connectivity index (χ2n) is 5.46. The molecule has 0 atom stereocenters. The van der Waals surface area contributed by atoms with Crippen molar-refractivity contribution in [3.05, 3.63) is 0 Å². The summed E-state index contributed by atoms with van der Waals surface area (Å²) in [6, 6.07) is 0. The van der Waals surface area contributed by atoms with Crippen LogP contribution in [0.15, 0.2) is 48.8 Å². The molecule has 2 rings (SSSR count). The highest BCUT2D eigenvalue weighted by Crippen LogP contribution is 2.53. The SMILES string of the molecule is O=S(=O)(Cl)c1oc(S(=O)(=O)Cl)c(S(=O)(=O)Cl)c1SSc1c(S(=O)(=O)Cl)oc(S(=O)(=O)Cl)c1S(=O)(=O)Cl. The highest BCUT2D eigenvalue weighted by molar-refractivity contribution is 8.76. The van der Waals surface area contributed by atoms with Crippen LogP contribution in [0.1, 0.15) is 0 Å². The Morgan fingerprint density at radius 2 is 0.611 bits per heavy atom. The maximum absolute atomic E-state index is 12.0. The minimum atomic E-state index is -5.26. The van der Waals surface area contributed by atoms with Crippen LogP contribution in [0.3, 0.4) is 0 Å². The van der Waals surface area contributed by atoms with Gasteiger partial charge in [0.2, 0.25) is 0 Å². The van der Waals surface area contributed by atoms with Gasteiger partial charge in [0, 0.05) is 64.1 Å². The normalized spacial score (nSPS) is 14.3. The highest BCUT2D eigenvalue weighted by Gasteiger charge is 2.42. The Kier molecular flexibility index (Phi) is 9.39. The predicted molar refractivity (Wildman–Crippen MR) is 127 cm³/mol. The molecule has 0 radical (unpaired) electrons. The average molecular weight is 789 g/mol. The van der Waals surface area contributed by atoms with Gasteiger partial charge in [-0.1, -0.05) is 0 Å². The molecule has 36 heavy (non-hydrogen) atoms. The van der Waals surface area contributed by atoms with Crippen molar-refractivity contribution in [1.82, 2.24) is 0 Å². The molecule has 28 heteroatoms. The molecule has 0 N–H and O–H groups in total. The van der Waals surface area contributed by atoms with Gasteiger partial charge in [-0.15, -0.1) is 0 Å². The maximum Gasteiger partial charge on any atom is 0.295 e. The van der Waals surface area contributed by atoms with Crippen LogP contribution in [0.2, 0.25) is 0 Å². The first kappa shape index (κ1) is 32.9. The fourth-order valence-electron chi connectivity index (χ4n) is 2.01. The molecule has 2 heterocycles. The number of halogens is 6. The molecule has 0 spiro atoms. The molecule has 0 aliphatic rings. The zero-order valence-electron chi connectivity index (χ0n) is 15.2. The third-order valence-electron chi connectivity index (χ3n) is 3.11. The number of furan rings is 2.